The molecule has 2 atom stereocenters. The van der Waals surface area contributed by atoms with Crippen LogP contribution >= 0.6 is 0 Å². The normalized spacial score (nSPS) is 35.1. The number of rotatable bonds is 7. The van der Waals surface area contributed by atoms with Crippen LogP contribution in [0.1, 0.15) is 98.8 Å². The van der Waals surface area contributed by atoms with Gasteiger partial charge in [0.15, 0.2) is 5.82 Å². The molecule has 7 heteroatoms. The van der Waals surface area contributed by atoms with Crippen molar-refractivity contribution in [1.29, 1.82) is 0 Å². The number of hydrogen-bond donors (Lipinski definition) is 1. The number of amides is 1. The van der Waals surface area contributed by atoms with Gasteiger partial charge in [-0.15, -0.1) is 0 Å². The summed E-state index contributed by atoms with van der Waals surface area (Å²) >= 11 is 0. The lowest BCUT2D eigenvalue weighted by atomic mass is 9.44. The summed E-state index contributed by atoms with van der Waals surface area (Å²) in [6, 6.07) is 11.8. The molecule has 2 aromatic heterocycles. The van der Waals surface area contributed by atoms with E-state index in [1.165, 1.54) is 5.56 Å². The Kier molecular flexibility index (Phi) is 5.01. The summed E-state index contributed by atoms with van der Waals surface area (Å²) in [5.74, 6) is 2.50. The largest absolute Gasteiger partial charge is 0.348 e. The van der Waals surface area contributed by atoms with E-state index in [4.69, 9.17) is 4.52 Å². The van der Waals surface area contributed by atoms with Crippen LogP contribution in [0.25, 0.3) is 11.5 Å². The Balaban J connectivity index is 1.14. The van der Waals surface area contributed by atoms with E-state index in [0.29, 0.717) is 24.1 Å². The molecule has 3 aromatic rings. The second-order valence-electron chi connectivity index (χ2n) is 13.4. The molecule has 7 aliphatic carbocycles. The average Bonchev–Trinajstić information content (AvgIpc) is 3.62. The van der Waals surface area contributed by atoms with E-state index in [2.05, 4.69) is 32.6 Å². The zero-order valence-electron chi connectivity index (χ0n) is 22.5. The highest BCUT2D eigenvalue weighted by atomic mass is 19.1. The third-order valence-corrected chi connectivity index (χ3v) is 11.1. The van der Waals surface area contributed by atoms with Crippen LogP contribution < -0.4 is 5.32 Å². The smallest absolute Gasteiger partial charge is 0.257 e. The fourth-order valence-electron chi connectivity index (χ4n) is 8.32. The number of pyridine rings is 1. The molecule has 202 valence electrons. The number of carbonyl (C=O) groups is 1. The number of fused-ring (bicyclic) bond motifs is 3. The van der Waals surface area contributed by atoms with Crippen molar-refractivity contribution in [2.24, 2.45) is 16.7 Å². The minimum absolute atomic E-state index is 0.114. The molecular weight excluding hydrogens is 491 g/mol. The number of nitrogens with one attached hydrogen (secondary N) is 1. The molecule has 1 N–H and O–H groups in total. The average molecular weight is 527 g/mol. The fraction of sp³-hybridized carbons (Fsp3) is 0.562. The summed E-state index contributed by atoms with van der Waals surface area (Å²) in [5, 5.41) is 7.64. The highest BCUT2D eigenvalue weighted by Crippen LogP contribution is 2.66. The number of halogens is 1. The number of nitrogens with zero attached hydrogens (tertiary/aromatic N) is 3. The minimum Gasteiger partial charge on any atom is -0.348 e. The number of benzene rings is 1. The SMILES string of the molecule is Cc1cc(C23CCC(C(NC(=O)C45CC(C4)C5)c4cccc(-c5nc(C6CC6)no5)c4)(CC2)C(F)C3)ccn1. The zero-order valence-corrected chi connectivity index (χ0v) is 22.5. The molecule has 0 spiro atoms. The highest BCUT2D eigenvalue weighted by Gasteiger charge is 2.64. The lowest BCUT2D eigenvalue weighted by Crippen LogP contribution is -2.63. The van der Waals surface area contributed by atoms with E-state index >= 15 is 4.39 Å². The maximum absolute atomic E-state index is 16.7. The topological polar surface area (TPSA) is 80.9 Å². The Morgan fingerprint density at radius 2 is 1.87 bits per heavy atom. The van der Waals surface area contributed by atoms with Gasteiger partial charge >= 0.3 is 0 Å². The van der Waals surface area contributed by atoms with Crippen molar-refractivity contribution in [3.05, 3.63) is 65.2 Å². The maximum atomic E-state index is 16.7. The van der Waals surface area contributed by atoms with Gasteiger partial charge in [0.25, 0.3) is 5.89 Å². The number of alkyl halides is 1. The molecule has 7 fully saturated rings. The molecule has 2 heterocycles. The van der Waals surface area contributed by atoms with Crippen molar-refractivity contribution >= 4 is 5.91 Å². The first kappa shape index (κ1) is 23.8. The van der Waals surface area contributed by atoms with Gasteiger partial charge in [0.1, 0.15) is 6.17 Å². The quantitative estimate of drug-likeness (QED) is 0.379. The van der Waals surface area contributed by atoms with Gasteiger partial charge in [-0.3, -0.25) is 9.78 Å². The summed E-state index contributed by atoms with van der Waals surface area (Å²) in [7, 11) is 0. The summed E-state index contributed by atoms with van der Waals surface area (Å²) in [5.41, 5.74) is 2.96. The molecule has 7 saturated carbocycles. The molecule has 10 rings (SSSR count). The summed E-state index contributed by atoms with van der Waals surface area (Å²) in [6.45, 7) is 2.00. The maximum Gasteiger partial charge on any atom is 0.257 e. The molecule has 7 aliphatic rings. The van der Waals surface area contributed by atoms with Crippen molar-refractivity contribution in [2.75, 3.05) is 0 Å². The first-order valence-electron chi connectivity index (χ1n) is 14.7. The number of hydrogen-bond acceptors (Lipinski definition) is 5. The molecule has 39 heavy (non-hydrogen) atoms. The van der Waals surface area contributed by atoms with E-state index in [0.717, 1.165) is 80.4 Å². The van der Waals surface area contributed by atoms with Gasteiger partial charge in [-0.05, 0) is 118 Å². The van der Waals surface area contributed by atoms with Crippen molar-refractivity contribution in [3.63, 3.8) is 0 Å². The van der Waals surface area contributed by atoms with Crippen LogP contribution in [-0.2, 0) is 10.2 Å². The van der Waals surface area contributed by atoms with Crippen LogP contribution in [0.2, 0.25) is 0 Å². The number of aromatic nitrogens is 3. The van der Waals surface area contributed by atoms with Gasteiger partial charge in [0.05, 0.1) is 6.04 Å². The van der Waals surface area contributed by atoms with Crippen LogP contribution in [-0.4, -0.2) is 27.2 Å². The fourth-order valence-corrected chi connectivity index (χ4v) is 8.32. The molecule has 1 amide bonds. The highest BCUT2D eigenvalue weighted by molar-refractivity contribution is 5.86. The van der Waals surface area contributed by atoms with E-state index in [9.17, 15) is 4.79 Å². The standard InChI is InChI=1S/C32H35FN4O2/c1-19-13-24(7-12-34-19)30-8-10-32(11-9-30,25(33)18-30)26(35-29(38)31-15-20(16-31)17-31)22-3-2-4-23(14-22)28-36-27(37-39-28)21-5-6-21/h2-4,7,12-14,20-21,25-26H,5-6,8-11,15-18H2,1H3,(H,35,38). The Labute approximate surface area is 228 Å². The Morgan fingerprint density at radius 3 is 2.54 bits per heavy atom. The van der Waals surface area contributed by atoms with Gasteiger partial charge < -0.3 is 9.84 Å². The van der Waals surface area contributed by atoms with E-state index < -0.39 is 17.6 Å². The van der Waals surface area contributed by atoms with Gasteiger partial charge in [-0.2, -0.15) is 4.98 Å². The molecule has 2 unspecified atom stereocenters. The van der Waals surface area contributed by atoms with Crippen LogP contribution in [0.3, 0.4) is 0 Å². The van der Waals surface area contributed by atoms with Crippen LogP contribution in [0.15, 0.2) is 47.1 Å². The molecule has 0 radical (unpaired) electrons. The Hall–Kier alpha value is -3.09. The monoisotopic (exact) mass is 526 g/mol. The zero-order chi connectivity index (χ0) is 26.4. The molecule has 0 aliphatic heterocycles. The third-order valence-electron chi connectivity index (χ3n) is 11.1. The second-order valence-corrected chi connectivity index (χ2v) is 13.4. The Morgan fingerprint density at radius 1 is 1.08 bits per heavy atom. The van der Waals surface area contributed by atoms with E-state index in [-0.39, 0.29) is 16.7 Å². The Bertz CT molecular complexity index is 1440. The van der Waals surface area contributed by atoms with Crippen LogP contribution in [0.4, 0.5) is 4.39 Å². The lowest BCUT2D eigenvalue weighted by molar-refractivity contribution is -0.169. The van der Waals surface area contributed by atoms with Gasteiger partial charge in [0, 0.05) is 34.2 Å². The second kappa shape index (κ2) is 8.21. The lowest BCUT2D eigenvalue weighted by Gasteiger charge is -2.62. The van der Waals surface area contributed by atoms with Crippen molar-refractivity contribution < 1.29 is 13.7 Å². The molecule has 0 saturated heterocycles. The summed E-state index contributed by atoms with van der Waals surface area (Å²) < 4.78 is 22.3. The van der Waals surface area contributed by atoms with Gasteiger partial charge in [-0.25, -0.2) is 4.39 Å². The first-order valence-corrected chi connectivity index (χ1v) is 14.7. The van der Waals surface area contributed by atoms with Crippen molar-refractivity contribution in [1.82, 2.24) is 20.4 Å². The number of aryl methyl sites for hydroxylation is 1. The molecule has 4 bridgehead atoms. The summed E-state index contributed by atoms with van der Waals surface area (Å²) in [4.78, 5) is 22.7. The molecule has 1 aromatic carbocycles. The number of carbonyl (C=O) groups excluding carboxylic acids is 1. The molecule has 6 nitrogen and oxygen atoms in total. The predicted molar refractivity (Wildman–Crippen MR) is 143 cm³/mol. The first-order chi connectivity index (χ1) is 18.9. The van der Waals surface area contributed by atoms with E-state index in [1.807, 2.05) is 37.4 Å². The van der Waals surface area contributed by atoms with Crippen LogP contribution in [0.5, 0.6) is 0 Å². The minimum atomic E-state index is -1.01. The predicted octanol–water partition coefficient (Wildman–Crippen LogP) is 6.52. The van der Waals surface area contributed by atoms with Crippen molar-refractivity contribution in [2.45, 2.75) is 94.7 Å². The van der Waals surface area contributed by atoms with Crippen LogP contribution in [0, 0.1) is 23.7 Å². The molecular formula is C32H35FN4O2. The van der Waals surface area contributed by atoms with E-state index in [1.54, 1.807) is 0 Å². The van der Waals surface area contributed by atoms with Gasteiger partial charge in [-0.1, -0.05) is 17.3 Å². The third kappa shape index (κ3) is 3.57. The van der Waals surface area contributed by atoms with Crippen molar-refractivity contribution in [3.8, 4) is 11.5 Å². The van der Waals surface area contributed by atoms with Gasteiger partial charge in [0.2, 0.25) is 5.91 Å². The summed E-state index contributed by atoms with van der Waals surface area (Å²) in [6.07, 6.45) is 9.82.